The second-order valence-corrected chi connectivity index (χ2v) is 2.31. The summed E-state index contributed by atoms with van der Waals surface area (Å²) >= 11 is 3.01. The molecule has 0 saturated carbocycles. The van der Waals surface area contributed by atoms with Crippen molar-refractivity contribution in [3.63, 3.8) is 0 Å². The Labute approximate surface area is 72.3 Å². The molecule has 1 heterocycles. The average molecular weight is 226 g/mol. The van der Waals surface area contributed by atoms with E-state index >= 15 is 0 Å². The minimum atomic E-state index is -0.210. The number of aromatic hydroxyl groups is 2. The van der Waals surface area contributed by atoms with Crippen LogP contribution in [-0.2, 0) is 0 Å². The normalized spacial score (nSPS) is 8.50. The summed E-state index contributed by atoms with van der Waals surface area (Å²) in [7, 11) is 0. The third-order valence-electron chi connectivity index (χ3n) is 0.828. The van der Waals surface area contributed by atoms with Crippen LogP contribution in [-0.4, -0.2) is 15.2 Å². The molecule has 1 aromatic heterocycles. The first kappa shape index (κ1) is 9.52. The van der Waals surface area contributed by atoms with Crippen molar-refractivity contribution in [1.82, 2.24) is 4.98 Å². The highest BCUT2D eigenvalue weighted by Crippen LogP contribution is 2.24. The minimum Gasteiger partial charge on any atom is -0.504 e. The maximum atomic E-state index is 8.78. The quantitative estimate of drug-likeness (QED) is 0.662. The van der Waals surface area contributed by atoms with Gasteiger partial charge in [0.1, 0.15) is 4.60 Å². The molecule has 0 atom stereocenters. The zero-order valence-electron chi connectivity index (χ0n) is 4.78. The summed E-state index contributed by atoms with van der Waals surface area (Å²) in [4.78, 5) is 3.65. The fraction of sp³-hybridized carbons (Fsp3) is 0. The molecule has 0 unspecified atom stereocenters. The fourth-order valence-electron chi connectivity index (χ4n) is 0.413. The molecule has 5 heteroatoms. The molecule has 0 radical (unpaired) electrons. The van der Waals surface area contributed by atoms with Crippen molar-refractivity contribution in [3.05, 3.63) is 16.9 Å². The van der Waals surface area contributed by atoms with Crippen molar-refractivity contribution >= 4 is 28.3 Å². The summed E-state index contributed by atoms with van der Waals surface area (Å²) in [6.07, 6.45) is 1.17. The van der Waals surface area contributed by atoms with Crippen LogP contribution in [0.15, 0.2) is 16.9 Å². The van der Waals surface area contributed by atoms with E-state index in [2.05, 4.69) is 20.9 Å². The lowest BCUT2D eigenvalue weighted by Crippen LogP contribution is -1.73. The Morgan fingerprint density at radius 3 is 2.30 bits per heavy atom. The number of aromatic nitrogens is 1. The Hall–Kier alpha value is -0.480. The van der Waals surface area contributed by atoms with Crippen LogP contribution in [0.25, 0.3) is 0 Å². The van der Waals surface area contributed by atoms with Gasteiger partial charge in [0.05, 0.1) is 6.20 Å². The number of hydrogen-bond acceptors (Lipinski definition) is 3. The zero-order chi connectivity index (χ0) is 6.85. The second kappa shape index (κ2) is 3.63. The Balaban J connectivity index is 0.000000810. The van der Waals surface area contributed by atoms with Gasteiger partial charge in [0.2, 0.25) is 0 Å². The van der Waals surface area contributed by atoms with Crippen LogP contribution in [0.1, 0.15) is 0 Å². The van der Waals surface area contributed by atoms with Crippen molar-refractivity contribution in [2.45, 2.75) is 0 Å². The van der Waals surface area contributed by atoms with E-state index in [9.17, 15) is 0 Å². The highest BCUT2D eigenvalue weighted by atomic mass is 79.9. The van der Waals surface area contributed by atoms with Crippen LogP contribution >= 0.6 is 28.3 Å². The number of hydrogen-bond donors (Lipinski definition) is 2. The third-order valence-corrected chi connectivity index (χ3v) is 1.26. The molecule has 0 spiro atoms. The number of pyridine rings is 1. The molecule has 2 N–H and O–H groups in total. The fourth-order valence-corrected chi connectivity index (χ4v) is 0.732. The van der Waals surface area contributed by atoms with Gasteiger partial charge < -0.3 is 10.2 Å². The van der Waals surface area contributed by atoms with Crippen molar-refractivity contribution < 1.29 is 10.2 Å². The first-order chi connectivity index (χ1) is 4.20. The maximum Gasteiger partial charge on any atom is 0.176 e. The number of nitrogens with zero attached hydrogens (tertiary/aromatic N) is 1. The Morgan fingerprint density at radius 1 is 1.30 bits per heavy atom. The van der Waals surface area contributed by atoms with Crippen LogP contribution in [0.4, 0.5) is 0 Å². The molecule has 56 valence electrons. The summed E-state index contributed by atoms with van der Waals surface area (Å²) in [5.74, 6) is -0.380. The molecular formula is C5H5BrClNO2. The average Bonchev–Trinajstić information content (AvgIpc) is 1.80. The molecule has 0 aliphatic rings. The molecule has 1 rings (SSSR count). The topological polar surface area (TPSA) is 53.4 Å². The first-order valence-electron chi connectivity index (χ1n) is 2.23. The molecule has 10 heavy (non-hydrogen) atoms. The summed E-state index contributed by atoms with van der Waals surface area (Å²) in [6.45, 7) is 0. The van der Waals surface area contributed by atoms with Crippen molar-refractivity contribution in [3.8, 4) is 11.5 Å². The van der Waals surface area contributed by atoms with Crippen LogP contribution in [0, 0.1) is 0 Å². The van der Waals surface area contributed by atoms with Gasteiger partial charge >= 0.3 is 0 Å². The van der Waals surface area contributed by atoms with E-state index in [1.165, 1.54) is 12.3 Å². The van der Waals surface area contributed by atoms with E-state index < -0.39 is 0 Å². The molecule has 0 amide bonds. The summed E-state index contributed by atoms with van der Waals surface area (Å²) in [5.41, 5.74) is 0. The molecule has 0 saturated heterocycles. The predicted molar refractivity (Wildman–Crippen MR) is 42.5 cm³/mol. The lowest BCUT2D eigenvalue weighted by atomic mass is 10.4. The van der Waals surface area contributed by atoms with Gasteiger partial charge in [0, 0.05) is 6.07 Å². The van der Waals surface area contributed by atoms with Gasteiger partial charge in [-0.3, -0.25) is 0 Å². The lowest BCUT2D eigenvalue weighted by Gasteiger charge is -1.93. The van der Waals surface area contributed by atoms with Crippen molar-refractivity contribution in [2.24, 2.45) is 0 Å². The van der Waals surface area contributed by atoms with Gasteiger partial charge in [-0.15, -0.1) is 12.4 Å². The molecule has 1 aromatic rings. The zero-order valence-corrected chi connectivity index (χ0v) is 7.19. The standard InChI is InChI=1S/C5H4BrNO2.ClH/c6-5-1-3(8)4(9)2-7-5;/h1-2,9H,(H,7,8);1H. The molecule has 0 bridgehead atoms. The number of halogens is 2. The minimum absolute atomic E-state index is 0. The maximum absolute atomic E-state index is 8.78. The molecule has 0 fully saturated rings. The monoisotopic (exact) mass is 225 g/mol. The van der Waals surface area contributed by atoms with Crippen LogP contribution in [0.2, 0.25) is 0 Å². The van der Waals surface area contributed by atoms with E-state index in [-0.39, 0.29) is 23.9 Å². The molecule has 3 nitrogen and oxygen atoms in total. The van der Waals surface area contributed by atoms with Crippen LogP contribution < -0.4 is 0 Å². The van der Waals surface area contributed by atoms with Gasteiger partial charge in [-0.05, 0) is 15.9 Å². The highest BCUT2D eigenvalue weighted by molar-refractivity contribution is 9.10. The largest absolute Gasteiger partial charge is 0.504 e. The Bertz CT molecular complexity index is 231. The SMILES string of the molecule is Cl.Oc1cnc(Br)cc1O. The Kier molecular flexibility index (Phi) is 3.46. The van der Waals surface area contributed by atoms with Gasteiger partial charge in [0.15, 0.2) is 11.5 Å². The smallest absolute Gasteiger partial charge is 0.176 e. The van der Waals surface area contributed by atoms with E-state index in [0.29, 0.717) is 4.60 Å². The van der Waals surface area contributed by atoms with E-state index in [0.717, 1.165) is 0 Å². The molecule has 0 aliphatic heterocycles. The second-order valence-electron chi connectivity index (χ2n) is 1.50. The van der Waals surface area contributed by atoms with Gasteiger partial charge in [-0.2, -0.15) is 0 Å². The number of rotatable bonds is 0. The van der Waals surface area contributed by atoms with Crippen molar-refractivity contribution in [1.29, 1.82) is 0 Å². The van der Waals surface area contributed by atoms with Crippen LogP contribution in [0.3, 0.4) is 0 Å². The molecule has 0 aromatic carbocycles. The molecule has 0 aliphatic carbocycles. The van der Waals surface area contributed by atoms with E-state index in [1.807, 2.05) is 0 Å². The first-order valence-corrected chi connectivity index (χ1v) is 3.03. The lowest BCUT2D eigenvalue weighted by molar-refractivity contribution is 0.401. The van der Waals surface area contributed by atoms with E-state index in [1.54, 1.807) is 0 Å². The summed E-state index contributed by atoms with van der Waals surface area (Å²) in [5, 5.41) is 17.5. The molecular weight excluding hydrogens is 221 g/mol. The van der Waals surface area contributed by atoms with Gasteiger partial charge in [0.25, 0.3) is 0 Å². The Morgan fingerprint density at radius 2 is 1.90 bits per heavy atom. The van der Waals surface area contributed by atoms with E-state index in [4.69, 9.17) is 10.2 Å². The highest BCUT2D eigenvalue weighted by Gasteiger charge is 1.97. The van der Waals surface area contributed by atoms with Gasteiger partial charge in [-0.1, -0.05) is 0 Å². The van der Waals surface area contributed by atoms with Crippen molar-refractivity contribution in [2.75, 3.05) is 0 Å². The van der Waals surface area contributed by atoms with Crippen LogP contribution in [0.5, 0.6) is 11.5 Å². The summed E-state index contributed by atoms with van der Waals surface area (Å²) in [6, 6.07) is 1.31. The predicted octanol–water partition coefficient (Wildman–Crippen LogP) is 1.68. The summed E-state index contributed by atoms with van der Waals surface area (Å²) < 4.78 is 0.498. The van der Waals surface area contributed by atoms with Gasteiger partial charge in [-0.25, -0.2) is 4.98 Å². The third kappa shape index (κ3) is 2.04.